The number of aromatic nitrogens is 1. The van der Waals surface area contributed by atoms with Gasteiger partial charge < -0.3 is 9.64 Å². The summed E-state index contributed by atoms with van der Waals surface area (Å²) in [6.07, 6.45) is 0. The van der Waals surface area contributed by atoms with Crippen LogP contribution in [0.15, 0.2) is 41.8 Å². The second kappa shape index (κ2) is 9.02. The number of hydrogen-bond donors (Lipinski definition) is 0. The summed E-state index contributed by atoms with van der Waals surface area (Å²) in [6, 6.07) is 10.1. The molecule has 0 saturated carbocycles. The Labute approximate surface area is 177 Å². The van der Waals surface area contributed by atoms with Crippen LogP contribution in [0.2, 0.25) is 0 Å². The van der Waals surface area contributed by atoms with Gasteiger partial charge in [-0.1, -0.05) is 6.07 Å². The Morgan fingerprint density at radius 2 is 1.93 bits per heavy atom. The molecule has 0 unspecified atom stereocenters. The highest BCUT2D eigenvalue weighted by Crippen LogP contribution is 2.23. The van der Waals surface area contributed by atoms with Crippen LogP contribution >= 0.6 is 22.7 Å². The highest BCUT2D eigenvalue weighted by Gasteiger charge is 2.25. The molecule has 0 bridgehead atoms. The molecule has 1 fully saturated rings. The monoisotopic (exact) mass is 431 g/mol. The number of rotatable bonds is 6. The lowest BCUT2D eigenvalue weighted by Crippen LogP contribution is -2.48. The Morgan fingerprint density at radius 3 is 2.62 bits per heavy atom. The minimum absolute atomic E-state index is 0.0452. The molecule has 1 saturated heterocycles. The lowest BCUT2D eigenvalue weighted by Gasteiger charge is -2.34. The molecular weight excluding hydrogens is 409 g/mol. The molecule has 0 N–H and O–H groups in total. The van der Waals surface area contributed by atoms with Gasteiger partial charge in [0, 0.05) is 37.6 Å². The third-order valence-corrected chi connectivity index (χ3v) is 6.81. The van der Waals surface area contributed by atoms with Crippen molar-refractivity contribution in [1.29, 1.82) is 0 Å². The Morgan fingerprint density at radius 1 is 1.17 bits per heavy atom. The van der Waals surface area contributed by atoms with Gasteiger partial charge in [-0.15, -0.1) is 22.7 Å². The third kappa shape index (κ3) is 5.01. The standard InChI is InChI=1S/C21H22FN3O2S2/c1-15-20(29-19(23-15)14-27-17-6-4-16(22)5-7-17)21(26)25-10-8-24(9-11-25)13-18-3-2-12-28-18/h2-7,12H,8-11,13-14H2,1H3. The van der Waals surface area contributed by atoms with Crippen molar-refractivity contribution in [2.24, 2.45) is 0 Å². The van der Waals surface area contributed by atoms with Crippen LogP contribution in [0.5, 0.6) is 5.75 Å². The number of benzene rings is 1. The van der Waals surface area contributed by atoms with E-state index in [0.717, 1.165) is 43.4 Å². The molecule has 2 aromatic heterocycles. The number of piperazine rings is 1. The van der Waals surface area contributed by atoms with Gasteiger partial charge >= 0.3 is 0 Å². The van der Waals surface area contributed by atoms with Crippen molar-refractivity contribution in [3.05, 3.63) is 68.1 Å². The zero-order chi connectivity index (χ0) is 20.2. The van der Waals surface area contributed by atoms with Gasteiger partial charge in [0.15, 0.2) is 0 Å². The number of nitrogens with zero attached hydrogens (tertiary/aromatic N) is 3. The first-order valence-corrected chi connectivity index (χ1v) is 11.2. The van der Waals surface area contributed by atoms with Gasteiger partial charge in [0.05, 0.1) is 5.69 Å². The molecule has 4 rings (SSSR count). The van der Waals surface area contributed by atoms with Gasteiger partial charge in [-0.3, -0.25) is 9.69 Å². The van der Waals surface area contributed by atoms with Crippen LogP contribution in [-0.4, -0.2) is 46.9 Å². The van der Waals surface area contributed by atoms with Gasteiger partial charge in [-0.05, 0) is 42.6 Å². The fourth-order valence-electron chi connectivity index (χ4n) is 3.26. The molecule has 0 atom stereocenters. The lowest BCUT2D eigenvalue weighted by atomic mass is 10.2. The maximum Gasteiger partial charge on any atom is 0.265 e. The second-order valence-corrected chi connectivity index (χ2v) is 9.03. The van der Waals surface area contributed by atoms with Crippen molar-refractivity contribution < 1.29 is 13.9 Å². The second-order valence-electron chi connectivity index (χ2n) is 6.91. The van der Waals surface area contributed by atoms with Crippen LogP contribution in [0.1, 0.15) is 25.3 Å². The molecule has 5 nitrogen and oxygen atoms in total. The van der Waals surface area contributed by atoms with Crippen molar-refractivity contribution in [2.75, 3.05) is 26.2 Å². The van der Waals surface area contributed by atoms with E-state index in [2.05, 4.69) is 27.4 Å². The number of amides is 1. The summed E-state index contributed by atoms with van der Waals surface area (Å²) >= 11 is 3.14. The lowest BCUT2D eigenvalue weighted by molar-refractivity contribution is 0.0633. The van der Waals surface area contributed by atoms with Crippen LogP contribution in [0, 0.1) is 12.7 Å². The minimum atomic E-state index is -0.300. The van der Waals surface area contributed by atoms with E-state index in [1.54, 1.807) is 23.5 Å². The number of carbonyl (C=O) groups excluding carboxylic acids is 1. The summed E-state index contributed by atoms with van der Waals surface area (Å²) in [5.41, 5.74) is 0.735. The highest BCUT2D eigenvalue weighted by atomic mass is 32.1. The summed E-state index contributed by atoms with van der Waals surface area (Å²) in [6.45, 7) is 6.28. The quantitative estimate of drug-likeness (QED) is 0.587. The molecule has 0 spiro atoms. The molecule has 1 aliphatic heterocycles. The Balaban J connectivity index is 1.32. The van der Waals surface area contributed by atoms with Crippen molar-refractivity contribution in [3.8, 4) is 5.75 Å². The van der Waals surface area contributed by atoms with E-state index in [0.29, 0.717) is 10.6 Å². The van der Waals surface area contributed by atoms with Crippen LogP contribution in [-0.2, 0) is 13.2 Å². The summed E-state index contributed by atoms with van der Waals surface area (Å²) < 4.78 is 18.6. The Kier molecular flexibility index (Phi) is 6.22. The molecule has 1 aromatic carbocycles. The smallest absolute Gasteiger partial charge is 0.265 e. The fraction of sp³-hybridized carbons (Fsp3) is 0.333. The van der Waals surface area contributed by atoms with E-state index in [4.69, 9.17) is 4.74 Å². The van der Waals surface area contributed by atoms with E-state index in [1.165, 1.54) is 28.3 Å². The molecule has 1 aliphatic rings. The highest BCUT2D eigenvalue weighted by molar-refractivity contribution is 7.13. The van der Waals surface area contributed by atoms with E-state index in [9.17, 15) is 9.18 Å². The summed E-state index contributed by atoms with van der Waals surface area (Å²) in [5, 5.41) is 2.84. The average Bonchev–Trinajstić information content (AvgIpc) is 3.37. The minimum Gasteiger partial charge on any atom is -0.486 e. The molecule has 0 aliphatic carbocycles. The number of halogens is 1. The predicted molar refractivity (Wildman–Crippen MR) is 113 cm³/mol. The molecule has 3 aromatic rings. The normalized spacial score (nSPS) is 14.9. The summed E-state index contributed by atoms with van der Waals surface area (Å²) in [5.74, 6) is 0.323. The van der Waals surface area contributed by atoms with Crippen LogP contribution < -0.4 is 4.74 Å². The number of ether oxygens (including phenoxy) is 1. The van der Waals surface area contributed by atoms with Crippen molar-refractivity contribution in [3.63, 3.8) is 0 Å². The van der Waals surface area contributed by atoms with Gasteiger partial charge in [0.1, 0.15) is 28.1 Å². The zero-order valence-electron chi connectivity index (χ0n) is 16.1. The predicted octanol–water partition coefficient (Wildman–Crippen LogP) is 4.19. The number of aryl methyl sites for hydroxylation is 1. The van der Waals surface area contributed by atoms with Gasteiger partial charge in [-0.2, -0.15) is 0 Å². The summed E-state index contributed by atoms with van der Waals surface area (Å²) in [7, 11) is 0. The number of thiazole rings is 1. The SMILES string of the molecule is Cc1nc(COc2ccc(F)cc2)sc1C(=O)N1CCN(Cc2cccs2)CC1. The van der Waals surface area contributed by atoms with Crippen molar-refractivity contribution in [2.45, 2.75) is 20.1 Å². The molecule has 3 heterocycles. The van der Waals surface area contributed by atoms with Gasteiger partial charge in [0.2, 0.25) is 0 Å². The Hall–Kier alpha value is -2.29. The maximum atomic E-state index is 13.0. The summed E-state index contributed by atoms with van der Waals surface area (Å²) in [4.78, 5) is 23.8. The topological polar surface area (TPSA) is 45.7 Å². The molecule has 1 amide bonds. The molecule has 0 radical (unpaired) electrons. The van der Waals surface area contributed by atoms with Crippen molar-refractivity contribution in [1.82, 2.24) is 14.8 Å². The van der Waals surface area contributed by atoms with E-state index in [1.807, 2.05) is 11.8 Å². The average molecular weight is 432 g/mol. The first-order valence-electron chi connectivity index (χ1n) is 9.47. The van der Waals surface area contributed by atoms with Gasteiger partial charge in [0.25, 0.3) is 5.91 Å². The zero-order valence-corrected chi connectivity index (χ0v) is 17.8. The first kappa shape index (κ1) is 20.0. The molecular formula is C21H22FN3O2S2. The van der Waals surface area contributed by atoms with E-state index in [-0.39, 0.29) is 18.3 Å². The van der Waals surface area contributed by atoms with E-state index >= 15 is 0 Å². The van der Waals surface area contributed by atoms with Gasteiger partial charge in [-0.25, -0.2) is 9.37 Å². The van der Waals surface area contributed by atoms with Crippen LogP contribution in [0.25, 0.3) is 0 Å². The largest absolute Gasteiger partial charge is 0.486 e. The molecule has 8 heteroatoms. The van der Waals surface area contributed by atoms with Crippen LogP contribution in [0.4, 0.5) is 4.39 Å². The maximum absolute atomic E-state index is 13.0. The fourth-order valence-corrected chi connectivity index (χ4v) is 4.96. The first-order chi connectivity index (χ1) is 14.1. The molecule has 152 valence electrons. The van der Waals surface area contributed by atoms with E-state index < -0.39 is 0 Å². The van der Waals surface area contributed by atoms with Crippen molar-refractivity contribution >= 4 is 28.6 Å². The number of hydrogen-bond acceptors (Lipinski definition) is 6. The Bertz CT molecular complexity index is 949. The third-order valence-electron chi connectivity index (χ3n) is 4.83. The number of thiophene rings is 1. The van der Waals surface area contributed by atoms with Crippen LogP contribution in [0.3, 0.4) is 0 Å². The number of carbonyl (C=O) groups is 1. The molecule has 29 heavy (non-hydrogen) atoms.